The van der Waals surface area contributed by atoms with Gasteiger partial charge in [-0.05, 0) is 36.4 Å². The summed E-state index contributed by atoms with van der Waals surface area (Å²) in [6, 6.07) is 23.0. The van der Waals surface area contributed by atoms with Gasteiger partial charge in [-0.15, -0.1) is 0 Å². The number of aromatic nitrogens is 2. The number of benzene rings is 2. The number of para-hydroxylation sites is 1. The first-order valence-corrected chi connectivity index (χ1v) is 9.27. The molecule has 2 heterocycles. The first-order valence-electron chi connectivity index (χ1n) is 8.48. The van der Waals surface area contributed by atoms with Gasteiger partial charge < -0.3 is 0 Å². The van der Waals surface area contributed by atoms with Gasteiger partial charge >= 0.3 is 0 Å². The van der Waals surface area contributed by atoms with E-state index in [0.717, 1.165) is 26.6 Å². The lowest BCUT2D eigenvalue weighted by molar-refractivity contribution is 0.0994. The molecule has 4 aromatic rings. The van der Waals surface area contributed by atoms with E-state index < -0.39 is 0 Å². The van der Waals surface area contributed by atoms with Crippen molar-refractivity contribution in [3.63, 3.8) is 0 Å². The van der Waals surface area contributed by atoms with E-state index >= 15 is 0 Å². The minimum absolute atomic E-state index is 0.120. The molecular weight excluding hydrogens is 402 g/mol. The number of hydrogen-bond donors (Lipinski definition) is 0. The Morgan fingerprint density at radius 3 is 2.44 bits per heavy atom. The Morgan fingerprint density at radius 1 is 0.963 bits per heavy atom. The molecule has 4 nitrogen and oxygen atoms in total. The summed E-state index contributed by atoms with van der Waals surface area (Å²) in [7, 11) is 1.74. The van der Waals surface area contributed by atoms with Gasteiger partial charge in [-0.3, -0.25) is 9.69 Å². The molecule has 132 valence electrons. The molecule has 2 aromatic heterocycles. The Balaban J connectivity index is 1.86. The molecule has 0 saturated heterocycles. The van der Waals surface area contributed by atoms with E-state index in [9.17, 15) is 4.79 Å². The number of nitrogens with zero attached hydrogens (tertiary/aromatic N) is 3. The minimum Gasteiger partial charge on any atom is -0.296 e. The maximum Gasteiger partial charge on any atom is 0.259 e. The van der Waals surface area contributed by atoms with E-state index in [2.05, 4.69) is 20.9 Å². The van der Waals surface area contributed by atoms with Crippen molar-refractivity contribution in [2.24, 2.45) is 0 Å². The zero-order valence-electron chi connectivity index (χ0n) is 14.6. The van der Waals surface area contributed by atoms with Crippen LogP contribution < -0.4 is 4.90 Å². The van der Waals surface area contributed by atoms with Crippen molar-refractivity contribution in [1.82, 2.24) is 9.97 Å². The molecule has 0 unspecified atom stereocenters. The quantitative estimate of drug-likeness (QED) is 0.452. The third-order valence-corrected chi connectivity index (χ3v) is 4.91. The van der Waals surface area contributed by atoms with Gasteiger partial charge in [-0.25, -0.2) is 9.97 Å². The molecule has 1 amide bonds. The van der Waals surface area contributed by atoms with E-state index in [-0.39, 0.29) is 5.91 Å². The van der Waals surface area contributed by atoms with Gasteiger partial charge in [0.2, 0.25) is 0 Å². The predicted molar refractivity (Wildman–Crippen MR) is 112 cm³/mol. The number of fused-ring (bicyclic) bond motifs is 1. The van der Waals surface area contributed by atoms with Crippen LogP contribution in [0.3, 0.4) is 0 Å². The Labute approximate surface area is 165 Å². The number of pyridine rings is 2. The van der Waals surface area contributed by atoms with Crippen LogP contribution in [0.4, 0.5) is 5.82 Å². The molecule has 2 aromatic carbocycles. The molecule has 0 spiro atoms. The second-order valence-electron chi connectivity index (χ2n) is 6.13. The van der Waals surface area contributed by atoms with Crippen molar-refractivity contribution in [3.8, 4) is 11.3 Å². The molecule has 5 heteroatoms. The third-order valence-electron chi connectivity index (χ3n) is 4.38. The van der Waals surface area contributed by atoms with Gasteiger partial charge in [-0.2, -0.15) is 0 Å². The Hall–Kier alpha value is -3.05. The minimum atomic E-state index is -0.120. The van der Waals surface area contributed by atoms with Crippen molar-refractivity contribution in [2.75, 3.05) is 11.9 Å². The van der Waals surface area contributed by atoms with Crippen LogP contribution in [0, 0.1) is 0 Å². The number of amides is 1. The summed E-state index contributed by atoms with van der Waals surface area (Å²) in [4.78, 5) is 23.8. The highest BCUT2D eigenvalue weighted by Crippen LogP contribution is 2.27. The largest absolute Gasteiger partial charge is 0.296 e. The molecule has 0 saturated carbocycles. The first kappa shape index (κ1) is 17.4. The summed E-state index contributed by atoms with van der Waals surface area (Å²) in [5.74, 6) is 0.485. The van der Waals surface area contributed by atoms with Crippen molar-refractivity contribution >= 4 is 38.6 Å². The molecule has 4 rings (SSSR count). The fraction of sp³-hybridized carbons (Fsp3) is 0.0455. The van der Waals surface area contributed by atoms with Crippen LogP contribution in [-0.2, 0) is 0 Å². The highest BCUT2D eigenvalue weighted by Gasteiger charge is 2.19. The monoisotopic (exact) mass is 417 g/mol. The molecule has 27 heavy (non-hydrogen) atoms. The Kier molecular flexibility index (Phi) is 4.69. The second-order valence-corrected chi connectivity index (χ2v) is 7.05. The van der Waals surface area contributed by atoms with Crippen molar-refractivity contribution in [2.45, 2.75) is 0 Å². The average molecular weight is 418 g/mol. The topological polar surface area (TPSA) is 46.1 Å². The van der Waals surface area contributed by atoms with Crippen LogP contribution in [0.25, 0.3) is 22.2 Å². The molecular formula is C22H16BrN3O. The highest BCUT2D eigenvalue weighted by atomic mass is 79.9. The zero-order valence-corrected chi connectivity index (χ0v) is 16.2. The molecule has 0 aliphatic carbocycles. The number of hydrogen-bond acceptors (Lipinski definition) is 3. The standard InChI is InChI=1S/C22H16BrN3O/c1-26(21-8-4-5-13-24-21)22(27)18-14-20(15-9-11-16(23)12-10-15)25-19-7-3-2-6-17(18)19/h2-14H,1H3. The lowest BCUT2D eigenvalue weighted by Gasteiger charge is -2.18. The normalized spacial score (nSPS) is 10.7. The predicted octanol–water partition coefficient (Wildman–Crippen LogP) is 5.34. The van der Waals surface area contributed by atoms with Gasteiger partial charge in [0.25, 0.3) is 5.91 Å². The van der Waals surface area contributed by atoms with E-state index in [4.69, 9.17) is 4.98 Å². The van der Waals surface area contributed by atoms with Gasteiger partial charge in [0, 0.05) is 28.7 Å². The average Bonchev–Trinajstić information content (AvgIpc) is 2.73. The lowest BCUT2D eigenvalue weighted by Crippen LogP contribution is -2.27. The first-order chi connectivity index (χ1) is 13.1. The number of anilines is 1. The Bertz CT molecular complexity index is 1110. The summed E-state index contributed by atoms with van der Waals surface area (Å²) < 4.78 is 0.998. The molecule has 0 atom stereocenters. The Morgan fingerprint density at radius 2 is 1.70 bits per heavy atom. The molecule has 0 fully saturated rings. The van der Waals surface area contributed by atoms with E-state index in [1.807, 2.05) is 72.8 Å². The number of rotatable bonds is 3. The summed E-state index contributed by atoms with van der Waals surface area (Å²) >= 11 is 3.45. The van der Waals surface area contributed by atoms with E-state index in [1.54, 1.807) is 18.1 Å². The van der Waals surface area contributed by atoms with Crippen LogP contribution in [0.1, 0.15) is 10.4 Å². The van der Waals surface area contributed by atoms with Crippen molar-refractivity contribution < 1.29 is 4.79 Å². The van der Waals surface area contributed by atoms with Crippen molar-refractivity contribution in [1.29, 1.82) is 0 Å². The molecule has 0 bridgehead atoms. The highest BCUT2D eigenvalue weighted by molar-refractivity contribution is 9.10. The fourth-order valence-corrected chi connectivity index (χ4v) is 3.22. The maximum absolute atomic E-state index is 13.2. The zero-order chi connectivity index (χ0) is 18.8. The molecule has 0 aliphatic heterocycles. The maximum atomic E-state index is 13.2. The summed E-state index contributed by atoms with van der Waals surface area (Å²) in [5, 5.41) is 0.825. The lowest BCUT2D eigenvalue weighted by atomic mass is 10.0. The molecule has 0 aliphatic rings. The van der Waals surface area contributed by atoms with Crippen LogP contribution in [-0.4, -0.2) is 22.9 Å². The molecule has 0 N–H and O–H groups in total. The summed E-state index contributed by atoms with van der Waals surface area (Å²) in [6.45, 7) is 0. The second kappa shape index (κ2) is 7.29. The smallest absolute Gasteiger partial charge is 0.259 e. The van der Waals surface area contributed by atoms with Gasteiger partial charge in [0.05, 0.1) is 16.8 Å². The van der Waals surface area contributed by atoms with Crippen molar-refractivity contribution in [3.05, 3.63) is 89.0 Å². The van der Waals surface area contributed by atoms with E-state index in [1.165, 1.54) is 0 Å². The van der Waals surface area contributed by atoms with Gasteiger partial charge in [-0.1, -0.05) is 52.3 Å². The number of carbonyl (C=O) groups excluding carboxylic acids is 1. The number of carbonyl (C=O) groups is 1. The molecule has 0 radical (unpaired) electrons. The number of halogens is 1. The van der Waals surface area contributed by atoms with Gasteiger partial charge in [0.15, 0.2) is 0 Å². The van der Waals surface area contributed by atoms with E-state index in [0.29, 0.717) is 11.4 Å². The summed E-state index contributed by atoms with van der Waals surface area (Å²) in [6.07, 6.45) is 1.68. The van der Waals surface area contributed by atoms with Crippen LogP contribution in [0.2, 0.25) is 0 Å². The van der Waals surface area contributed by atoms with Crippen LogP contribution in [0.15, 0.2) is 83.5 Å². The van der Waals surface area contributed by atoms with Crippen LogP contribution >= 0.6 is 15.9 Å². The fourth-order valence-electron chi connectivity index (χ4n) is 2.96. The van der Waals surface area contributed by atoms with Gasteiger partial charge in [0.1, 0.15) is 5.82 Å². The SMILES string of the molecule is CN(C(=O)c1cc(-c2ccc(Br)cc2)nc2ccccc12)c1ccccn1. The van der Waals surface area contributed by atoms with Crippen LogP contribution in [0.5, 0.6) is 0 Å². The third kappa shape index (κ3) is 3.46. The summed E-state index contributed by atoms with van der Waals surface area (Å²) in [5.41, 5.74) is 3.11.